The van der Waals surface area contributed by atoms with E-state index in [9.17, 15) is 9.59 Å². The Morgan fingerprint density at radius 2 is 1.85 bits per heavy atom. The lowest BCUT2D eigenvalue weighted by Gasteiger charge is -2.28. The number of fused-ring (bicyclic) bond motifs is 1. The molecule has 1 aromatic carbocycles. The van der Waals surface area contributed by atoms with Crippen LogP contribution in [0.1, 0.15) is 33.0 Å². The van der Waals surface area contributed by atoms with Crippen LogP contribution < -0.4 is 5.32 Å². The fraction of sp³-hybridized carbons (Fsp3) is 0.280. The summed E-state index contributed by atoms with van der Waals surface area (Å²) in [6.07, 6.45) is 4.81. The minimum atomic E-state index is -0.164. The van der Waals surface area contributed by atoms with Crippen molar-refractivity contribution in [3.8, 4) is 0 Å². The predicted molar refractivity (Wildman–Crippen MR) is 127 cm³/mol. The zero-order valence-electron chi connectivity index (χ0n) is 19.1. The second kappa shape index (κ2) is 9.68. The number of carbonyl (C=O) groups excluding carboxylic acids is 2. The van der Waals surface area contributed by atoms with Crippen LogP contribution in [0.2, 0.25) is 0 Å². The Labute approximate surface area is 192 Å². The number of carbonyl (C=O) groups is 2. The molecule has 2 amide bonds. The van der Waals surface area contributed by atoms with Gasteiger partial charge >= 0.3 is 0 Å². The molecule has 0 aliphatic carbocycles. The fourth-order valence-corrected chi connectivity index (χ4v) is 4.04. The highest BCUT2D eigenvalue weighted by molar-refractivity contribution is 6.04. The van der Waals surface area contributed by atoms with Gasteiger partial charge in [0.15, 0.2) is 11.3 Å². The van der Waals surface area contributed by atoms with Crippen molar-refractivity contribution in [2.45, 2.75) is 18.9 Å². The van der Waals surface area contributed by atoms with E-state index in [-0.39, 0.29) is 17.9 Å². The van der Waals surface area contributed by atoms with E-state index in [1.54, 1.807) is 46.6 Å². The van der Waals surface area contributed by atoms with Gasteiger partial charge in [-0.05, 0) is 42.7 Å². The number of aryl methyl sites for hydroxylation is 2. The van der Waals surface area contributed by atoms with Gasteiger partial charge < -0.3 is 14.8 Å². The third-order valence-electron chi connectivity index (χ3n) is 5.92. The second-order valence-electron chi connectivity index (χ2n) is 8.16. The molecule has 1 atom stereocenters. The molecule has 4 rings (SSSR count). The maximum Gasteiger partial charge on any atom is 0.275 e. The van der Waals surface area contributed by atoms with Crippen molar-refractivity contribution < 1.29 is 9.59 Å². The molecular weight excluding hydrogens is 416 g/mol. The summed E-state index contributed by atoms with van der Waals surface area (Å²) in [5, 5.41) is 8.15. The monoisotopic (exact) mass is 444 g/mol. The van der Waals surface area contributed by atoms with E-state index in [1.807, 2.05) is 55.7 Å². The average Bonchev–Trinajstić information content (AvgIpc) is 3.41. The molecule has 1 unspecified atom stereocenters. The molecule has 3 aromatic heterocycles. The van der Waals surface area contributed by atoms with Gasteiger partial charge in [-0.15, -0.1) is 0 Å². The summed E-state index contributed by atoms with van der Waals surface area (Å²) in [4.78, 5) is 32.0. The number of pyridine rings is 1. The summed E-state index contributed by atoms with van der Waals surface area (Å²) in [5.41, 5.74) is 2.78. The van der Waals surface area contributed by atoms with Crippen molar-refractivity contribution in [1.29, 1.82) is 0 Å². The summed E-state index contributed by atoms with van der Waals surface area (Å²) in [6.45, 7) is 0.448. The molecule has 0 aliphatic rings. The topological polar surface area (TPSA) is 85.1 Å². The lowest BCUT2D eigenvalue weighted by Crippen LogP contribution is -2.41. The van der Waals surface area contributed by atoms with Crippen LogP contribution in [-0.4, -0.2) is 55.7 Å². The van der Waals surface area contributed by atoms with Crippen LogP contribution in [0.15, 0.2) is 67.0 Å². The number of amides is 2. The van der Waals surface area contributed by atoms with E-state index in [1.165, 1.54) is 0 Å². The van der Waals surface area contributed by atoms with Crippen LogP contribution in [0.5, 0.6) is 0 Å². The molecule has 0 bridgehead atoms. The first-order valence-electron chi connectivity index (χ1n) is 10.9. The highest BCUT2D eigenvalue weighted by Crippen LogP contribution is 2.19. The summed E-state index contributed by atoms with van der Waals surface area (Å²) < 4.78 is 3.41. The SMILES string of the molecule is CN(C(=O)c1nn(C)c2ncccc12)C(CCNC(=O)c1cccn1C)Cc1ccccc1. The van der Waals surface area contributed by atoms with Crippen molar-refractivity contribution in [3.05, 3.63) is 83.9 Å². The normalized spacial score (nSPS) is 12.0. The zero-order valence-corrected chi connectivity index (χ0v) is 19.1. The minimum Gasteiger partial charge on any atom is -0.351 e. The van der Waals surface area contributed by atoms with Crippen molar-refractivity contribution >= 4 is 22.8 Å². The number of benzene rings is 1. The minimum absolute atomic E-state index is 0.123. The van der Waals surface area contributed by atoms with Crippen molar-refractivity contribution in [2.75, 3.05) is 13.6 Å². The average molecular weight is 445 g/mol. The number of likely N-dealkylation sites (N-methyl/N-ethyl adjacent to an activating group) is 1. The van der Waals surface area contributed by atoms with Crippen LogP contribution in [0, 0.1) is 0 Å². The second-order valence-corrected chi connectivity index (χ2v) is 8.16. The maximum absolute atomic E-state index is 13.5. The van der Waals surface area contributed by atoms with Gasteiger partial charge in [0.2, 0.25) is 0 Å². The first kappa shape index (κ1) is 22.3. The Morgan fingerprint density at radius 3 is 2.58 bits per heavy atom. The van der Waals surface area contributed by atoms with Gasteiger partial charge in [-0.1, -0.05) is 30.3 Å². The number of aromatic nitrogens is 4. The highest BCUT2D eigenvalue weighted by atomic mass is 16.2. The van der Waals surface area contributed by atoms with E-state index in [0.29, 0.717) is 36.4 Å². The molecule has 33 heavy (non-hydrogen) atoms. The van der Waals surface area contributed by atoms with Gasteiger partial charge in [0.1, 0.15) is 5.69 Å². The summed E-state index contributed by atoms with van der Waals surface area (Å²) in [7, 11) is 5.42. The summed E-state index contributed by atoms with van der Waals surface area (Å²) in [5.74, 6) is -0.292. The Kier molecular flexibility index (Phi) is 6.53. The quantitative estimate of drug-likeness (QED) is 0.453. The molecule has 0 radical (unpaired) electrons. The lowest BCUT2D eigenvalue weighted by molar-refractivity contribution is 0.0718. The molecule has 4 aromatic rings. The highest BCUT2D eigenvalue weighted by Gasteiger charge is 2.26. The van der Waals surface area contributed by atoms with Crippen molar-refractivity contribution in [1.82, 2.24) is 29.5 Å². The number of hydrogen-bond acceptors (Lipinski definition) is 4. The van der Waals surface area contributed by atoms with Gasteiger partial charge in [-0.2, -0.15) is 5.10 Å². The van der Waals surface area contributed by atoms with E-state index >= 15 is 0 Å². The molecule has 0 fully saturated rings. The number of nitrogens with one attached hydrogen (secondary N) is 1. The third kappa shape index (κ3) is 4.79. The predicted octanol–water partition coefficient (Wildman–Crippen LogP) is 2.81. The van der Waals surface area contributed by atoms with E-state index in [2.05, 4.69) is 15.4 Å². The molecule has 0 spiro atoms. The molecule has 1 N–H and O–H groups in total. The Morgan fingerprint density at radius 1 is 1.06 bits per heavy atom. The Bertz CT molecular complexity index is 1260. The van der Waals surface area contributed by atoms with Crippen LogP contribution >= 0.6 is 0 Å². The van der Waals surface area contributed by atoms with Gasteiger partial charge in [-0.25, -0.2) is 9.67 Å². The molecule has 8 nitrogen and oxygen atoms in total. The summed E-state index contributed by atoms with van der Waals surface area (Å²) >= 11 is 0. The first-order valence-corrected chi connectivity index (χ1v) is 10.9. The maximum atomic E-state index is 13.5. The molecule has 8 heteroatoms. The van der Waals surface area contributed by atoms with E-state index in [4.69, 9.17) is 0 Å². The molecule has 0 saturated heterocycles. The standard InChI is InChI=1S/C25H28N6O2/c1-29-16-8-12-21(29)24(32)27-15-13-19(17-18-9-5-4-6-10-18)30(2)25(33)22-20-11-7-14-26-23(20)31(3)28-22/h4-12,14,16,19H,13,15,17H2,1-3H3,(H,27,32). The zero-order chi connectivity index (χ0) is 23.4. The van der Waals surface area contributed by atoms with Gasteiger partial charge in [0.05, 0.1) is 5.39 Å². The van der Waals surface area contributed by atoms with Crippen LogP contribution in [0.25, 0.3) is 11.0 Å². The smallest absolute Gasteiger partial charge is 0.275 e. The first-order chi connectivity index (χ1) is 16.0. The third-order valence-corrected chi connectivity index (χ3v) is 5.92. The summed E-state index contributed by atoms with van der Waals surface area (Å²) in [6, 6.07) is 17.2. The number of rotatable bonds is 8. The van der Waals surface area contributed by atoms with E-state index < -0.39 is 0 Å². The molecule has 0 aliphatic heterocycles. The Balaban J connectivity index is 1.52. The Hall–Kier alpha value is -3.94. The molecule has 3 heterocycles. The van der Waals surface area contributed by atoms with Crippen LogP contribution in [0.4, 0.5) is 0 Å². The lowest BCUT2D eigenvalue weighted by atomic mass is 10.0. The van der Waals surface area contributed by atoms with Gasteiger partial charge in [0, 0.05) is 46.1 Å². The number of hydrogen-bond donors (Lipinski definition) is 1. The van der Waals surface area contributed by atoms with Gasteiger partial charge in [0.25, 0.3) is 11.8 Å². The van der Waals surface area contributed by atoms with Crippen LogP contribution in [0.3, 0.4) is 0 Å². The van der Waals surface area contributed by atoms with Gasteiger partial charge in [-0.3, -0.25) is 9.59 Å². The van der Waals surface area contributed by atoms with E-state index in [0.717, 1.165) is 10.9 Å². The number of nitrogens with zero attached hydrogens (tertiary/aromatic N) is 5. The molecule has 0 saturated carbocycles. The van der Waals surface area contributed by atoms with Crippen molar-refractivity contribution in [2.24, 2.45) is 14.1 Å². The molecule has 170 valence electrons. The fourth-order valence-electron chi connectivity index (χ4n) is 4.04. The molecular formula is C25H28N6O2. The largest absolute Gasteiger partial charge is 0.351 e. The van der Waals surface area contributed by atoms with Crippen LogP contribution in [-0.2, 0) is 20.5 Å². The van der Waals surface area contributed by atoms with Crippen molar-refractivity contribution in [3.63, 3.8) is 0 Å².